The molecule has 1 heterocycles. The van der Waals surface area contributed by atoms with Crippen molar-refractivity contribution in [3.8, 4) is 0 Å². The van der Waals surface area contributed by atoms with Crippen LogP contribution in [0.15, 0.2) is 22.5 Å². The largest absolute Gasteiger partial charge is 0.369 e. The Hall–Kier alpha value is -1.60. The quantitative estimate of drug-likeness (QED) is 0.799. The molecule has 5 nitrogen and oxygen atoms in total. The van der Waals surface area contributed by atoms with E-state index in [2.05, 4.69) is 47.6 Å². The number of primary amides is 1. The van der Waals surface area contributed by atoms with Crippen molar-refractivity contribution in [3.63, 3.8) is 0 Å². The predicted octanol–water partition coefficient (Wildman–Crippen LogP) is 3.12. The molecule has 3 N–H and O–H groups in total. The topological polar surface area (TPSA) is 80.9 Å². The summed E-state index contributed by atoms with van der Waals surface area (Å²) >= 11 is 2.75. The number of carbonyl (C=O) groups is 1. The Morgan fingerprint density at radius 1 is 1.48 bits per heavy atom. The van der Waals surface area contributed by atoms with Gasteiger partial charge in [0.2, 0.25) is 11.0 Å². The van der Waals surface area contributed by atoms with E-state index in [9.17, 15) is 4.79 Å². The molecule has 0 unspecified atom stereocenters. The lowest BCUT2D eigenvalue weighted by Gasteiger charge is -2.11. The first-order chi connectivity index (χ1) is 10.0. The van der Waals surface area contributed by atoms with Crippen molar-refractivity contribution < 1.29 is 4.79 Å². The zero-order chi connectivity index (χ0) is 15.4. The van der Waals surface area contributed by atoms with Gasteiger partial charge < -0.3 is 11.1 Å². The first kappa shape index (κ1) is 15.8. The van der Waals surface area contributed by atoms with Crippen molar-refractivity contribution >= 4 is 39.8 Å². The number of hydrogen-bond acceptors (Lipinski definition) is 6. The van der Waals surface area contributed by atoms with E-state index in [1.807, 2.05) is 0 Å². The Morgan fingerprint density at radius 3 is 2.90 bits per heavy atom. The molecule has 0 saturated heterocycles. The average molecular weight is 322 g/mol. The lowest BCUT2D eigenvalue weighted by Crippen LogP contribution is -2.22. The van der Waals surface area contributed by atoms with Crippen molar-refractivity contribution in [3.05, 3.63) is 29.3 Å². The van der Waals surface area contributed by atoms with Gasteiger partial charge in [0.25, 0.3) is 0 Å². The molecule has 1 aromatic heterocycles. The van der Waals surface area contributed by atoms with Crippen LogP contribution >= 0.6 is 23.1 Å². The van der Waals surface area contributed by atoms with Crippen LogP contribution in [0.5, 0.6) is 0 Å². The molecule has 1 atom stereocenters. The van der Waals surface area contributed by atoms with Crippen LogP contribution < -0.4 is 11.1 Å². The van der Waals surface area contributed by atoms with Gasteiger partial charge in [-0.05, 0) is 31.4 Å². The predicted molar refractivity (Wildman–Crippen MR) is 88.3 cm³/mol. The number of rotatable bonds is 6. The highest BCUT2D eigenvalue weighted by molar-refractivity contribution is 8.02. The van der Waals surface area contributed by atoms with Gasteiger partial charge in [-0.3, -0.25) is 4.79 Å². The van der Waals surface area contributed by atoms with E-state index in [1.54, 1.807) is 6.92 Å². The van der Waals surface area contributed by atoms with Crippen LogP contribution in [-0.2, 0) is 11.2 Å². The monoisotopic (exact) mass is 322 g/mol. The van der Waals surface area contributed by atoms with Gasteiger partial charge in [-0.25, -0.2) is 0 Å². The molecule has 2 aromatic rings. The highest BCUT2D eigenvalue weighted by atomic mass is 32.2. The van der Waals surface area contributed by atoms with Gasteiger partial charge >= 0.3 is 0 Å². The van der Waals surface area contributed by atoms with Crippen molar-refractivity contribution in [2.75, 3.05) is 5.32 Å². The van der Waals surface area contributed by atoms with Crippen LogP contribution in [0.1, 0.15) is 25.0 Å². The standard InChI is InChI=1S/C14H18N4OS2/c1-4-10-7-5-6-8(2)11(10)16-13-17-18-14(21-13)20-9(3)12(15)19/h5-7,9H,4H2,1-3H3,(H2,15,19)(H,16,17)/t9-/m1/s1. The third-order valence-electron chi connectivity index (χ3n) is 3.06. The number of nitrogens with two attached hydrogens (primary N) is 1. The second-order valence-electron chi connectivity index (χ2n) is 4.62. The SMILES string of the molecule is CCc1cccc(C)c1Nc1nnc(S[C@H](C)C(N)=O)s1. The Labute approximate surface area is 132 Å². The number of benzene rings is 1. The lowest BCUT2D eigenvalue weighted by atomic mass is 10.1. The third-order valence-corrected chi connectivity index (χ3v) is 5.10. The summed E-state index contributed by atoms with van der Waals surface area (Å²) in [6.07, 6.45) is 0.948. The van der Waals surface area contributed by atoms with Gasteiger partial charge in [0.05, 0.1) is 5.25 Å². The summed E-state index contributed by atoms with van der Waals surface area (Å²) in [4.78, 5) is 11.1. The molecular weight excluding hydrogens is 304 g/mol. The van der Waals surface area contributed by atoms with Gasteiger partial charge in [-0.1, -0.05) is 48.2 Å². The fraction of sp³-hybridized carbons (Fsp3) is 0.357. The van der Waals surface area contributed by atoms with Crippen LogP contribution in [0, 0.1) is 6.92 Å². The summed E-state index contributed by atoms with van der Waals surface area (Å²) in [5.74, 6) is -0.350. The van der Waals surface area contributed by atoms with Crippen molar-refractivity contribution in [2.45, 2.75) is 36.8 Å². The minimum atomic E-state index is -0.350. The molecule has 0 fully saturated rings. The number of anilines is 2. The minimum absolute atomic E-state index is 0.310. The second kappa shape index (κ2) is 6.91. The molecule has 0 saturated carbocycles. The van der Waals surface area contributed by atoms with E-state index in [-0.39, 0.29) is 11.2 Å². The number of amides is 1. The molecule has 0 aliphatic heterocycles. The zero-order valence-corrected chi connectivity index (χ0v) is 13.8. The smallest absolute Gasteiger partial charge is 0.230 e. The van der Waals surface area contributed by atoms with Gasteiger partial charge in [0, 0.05) is 5.69 Å². The normalized spacial score (nSPS) is 12.1. The van der Waals surface area contributed by atoms with Gasteiger partial charge in [-0.2, -0.15) is 0 Å². The van der Waals surface area contributed by atoms with E-state index in [4.69, 9.17) is 5.73 Å². The van der Waals surface area contributed by atoms with Crippen LogP contribution in [0.25, 0.3) is 0 Å². The molecule has 7 heteroatoms. The van der Waals surface area contributed by atoms with E-state index in [1.165, 1.54) is 34.2 Å². The molecular formula is C14H18N4OS2. The Bertz CT molecular complexity index is 642. The number of aryl methyl sites for hydroxylation is 2. The van der Waals surface area contributed by atoms with E-state index in [0.717, 1.165) is 21.6 Å². The molecule has 0 aliphatic carbocycles. The maximum Gasteiger partial charge on any atom is 0.230 e. The fourth-order valence-electron chi connectivity index (χ4n) is 1.83. The number of nitrogens with zero attached hydrogens (tertiary/aromatic N) is 2. The third kappa shape index (κ3) is 3.95. The maximum atomic E-state index is 11.1. The summed E-state index contributed by atoms with van der Waals surface area (Å²) in [5.41, 5.74) is 8.74. The fourth-order valence-corrected chi connectivity index (χ4v) is 3.68. The molecule has 0 radical (unpaired) electrons. The lowest BCUT2D eigenvalue weighted by molar-refractivity contribution is -0.117. The average Bonchev–Trinajstić information content (AvgIpc) is 2.88. The molecule has 1 aromatic carbocycles. The number of nitrogens with one attached hydrogen (secondary N) is 1. The van der Waals surface area contributed by atoms with Crippen LogP contribution in [-0.4, -0.2) is 21.4 Å². The van der Waals surface area contributed by atoms with Gasteiger partial charge in [0.15, 0.2) is 4.34 Å². The molecule has 21 heavy (non-hydrogen) atoms. The maximum absolute atomic E-state index is 11.1. The van der Waals surface area contributed by atoms with Crippen molar-refractivity contribution in [2.24, 2.45) is 5.73 Å². The van der Waals surface area contributed by atoms with Crippen molar-refractivity contribution in [1.29, 1.82) is 0 Å². The number of para-hydroxylation sites is 1. The van der Waals surface area contributed by atoms with Gasteiger partial charge in [-0.15, -0.1) is 10.2 Å². The number of carbonyl (C=O) groups excluding carboxylic acids is 1. The Morgan fingerprint density at radius 2 is 2.24 bits per heavy atom. The summed E-state index contributed by atoms with van der Waals surface area (Å²) in [5, 5.41) is 11.9. The summed E-state index contributed by atoms with van der Waals surface area (Å²) in [6.45, 7) is 5.95. The summed E-state index contributed by atoms with van der Waals surface area (Å²) in [7, 11) is 0. The molecule has 0 aliphatic rings. The minimum Gasteiger partial charge on any atom is -0.369 e. The molecule has 2 rings (SSSR count). The molecule has 1 amide bonds. The van der Waals surface area contributed by atoms with Crippen LogP contribution in [0.3, 0.4) is 0 Å². The van der Waals surface area contributed by atoms with E-state index in [0.29, 0.717) is 0 Å². The van der Waals surface area contributed by atoms with Crippen molar-refractivity contribution in [1.82, 2.24) is 10.2 Å². The summed E-state index contributed by atoms with van der Waals surface area (Å²) in [6, 6.07) is 6.21. The Kier molecular flexibility index (Phi) is 5.19. The van der Waals surface area contributed by atoms with E-state index < -0.39 is 0 Å². The Balaban J connectivity index is 2.15. The summed E-state index contributed by atoms with van der Waals surface area (Å²) < 4.78 is 0.732. The van der Waals surface area contributed by atoms with Crippen LogP contribution in [0.4, 0.5) is 10.8 Å². The van der Waals surface area contributed by atoms with Crippen LogP contribution in [0.2, 0.25) is 0 Å². The van der Waals surface area contributed by atoms with Gasteiger partial charge in [0.1, 0.15) is 0 Å². The number of hydrogen-bond donors (Lipinski definition) is 2. The molecule has 0 spiro atoms. The second-order valence-corrected chi connectivity index (χ2v) is 7.19. The molecule has 0 bridgehead atoms. The molecule has 112 valence electrons. The number of aromatic nitrogens is 2. The van der Waals surface area contributed by atoms with E-state index >= 15 is 0 Å². The first-order valence-corrected chi connectivity index (χ1v) is 8.35. The highest BCUT2D eigenvalue weighted by Crippen LogP contribution is 2.32. The number of thioether (sulfide) groups is 1. The zero-order valence-electron chi connectivity index (χ0n) is 12.2. The first-order valence-electron chi connectivity index (χ1n) is 6.66. The highest BCUT2D eigenvalue weighted by Gasteiger charge is 2.15.